The van der Waals surface area contributed by atoms with Crippen LogP contribution in [0.5, 0.6) is 0 Å². The largest absolute Gasteiger partial charge is 0.392 e. The van der Waals surface area contributed by atoms with Gasteiger partial charge in [0.05, 0.1) is 11.4 Å². The van der Waals surface area contributed by atoms with Gasteiger partial charge in [0.1, 0.15) is 0 Å². The lowest BCUT2D eigenvalue weighted by atomic mass is 10.1. The van der Waals surface area contributed by atoms with Gasteiger partial charge in [-0.25, -0.2) is 0 Å². The molecule has 3 atom stereocenters. The monoisotopic (exact) mass is 198 g/mol. The van der Waals surface area contributed by atoms with E-state index in [0.717, 1.165) is 5.56 Å². The summed E-state index contributed by atoms with van der Waals surface area (Å²) >= 11 is 0. The molecular weight excluding hydrogens is 184 g/mol. The summed E-state index contributed by atoms with van der Waals surface area (Å²) in [7, 11) is -1.03. The van der Waals surface area contributed by atoms with E-state index in [9.17, 15) is 9.32 Å². The summed E-state index contributed by atoms with van der Waals surface area (Å²) in [6.45, 7) is 1.67. The lowest BCUT2D eigenvalue weighted by molar-refractivity contribution is 0.190. The first-order valence-corrected chi connectivity index (χ1v) is 5.80. The molecule has 0 aliphatic heterocycles. The molecule has 0 aliphatic rings. The van der Waals surface area contributed by atoms with Gasteiger partial charge in [0.25, 0.3) is 0 Å². The highest BCUT2D eigenvalue weighted by Crippen LogP contribution is 2.22. The van der Waals surface area contributed by atoms with E-state index >= 15 is 0 Å². The van der Waals surface area contributed by atoms with Crippen molar-refractivity contribution in [2.24, 2.45) is 0 Å². The molecule has 0 heterocycles. The highest BCUT2D eigenvalue weighted by Gasteiger charge is 2.20. The summed E-state index contributed by atoms with van der Waals surface area (Å²) in [5, 5.41) is 9.17. The van der Waals surface area contributed by atoms with Crippen molar-refractivity contribution in [3.63, 3.8) is 0 Å². The van der Waals surface area contributed by atoms with E-state index in [1.165, 1.54) is 0 Å². The highest BCUT2D eigenvalue weighted by molar-refractivity contribution is 7.84. The molecule has 3 heteroatoms. The van der Waals surface area contributed by atoms with Gasteiger partial charge in [-0.2, -0.15) is 0 Å². The third-order valence-electron chi connectivity index (χ3n) is 1.92. The van der Waals surface area contributed by atoms with Gasteiger partial charge in [0, 0.05) is 17.1 Å². The van der Waals surface area contributed by atoms with E-state index in [1.807, 2.05) is 30.3 Å². The van der Waals surface area contributed by atoms with Crippen LogP contribution in [0.15, 0.2) is 30.3 Å². The minimum Gasteiger partial charge on any atom is -0.392 e. The molecular formula is C10H14O2S. The van der Waals surface area contributed by atoms with Crippen molar-refractivity contribution in [2.45, 2.75) is 18.3 Å². The summed E-state index contributed by atoms with van der Waals surface area (Å²) in [5.41, 5.74) is 0.929. The Hall–Kier alpha value is -0.670. The molecule has 13 heavy (non-hydrogen) atoms. The smallest absolute Gasteiger partial charge is 0.0850 e. The molecule has 0 fully saturated rings. The Balaban J connectivity index is 2.96. The quantitative estimate of drug-likeness (QED) is 0.799. The summed E-state index contributed by atoms with van der Waals surface area (Å²) in [6.07, 6.45) is 1.04. The lowest BCUT2D eigenvalue weighted by Gasteiger charge is -2.17. The second-order valence-electron chi connectivity index (χ2n) is 3.07. The van der Waals surface area contributed by atoms with Gasteiger partial charge in [-0.1, -0.05) is 30.3 Å². The van der Waals surface area contributed by atoms with Crippen molar-refractivity contribution in [2.75, 3.05) is 6.26 Å². The van der Waals surface area contributed by atoms with Crippen molar-refractivity contribution < 1.29 is 9.32 Å². The van der Waals surface area contributed by atoms with E-state index in [0.29, 0.717) is 0 Å². The van der Waals surface area contributed by atoms with Crippen LogP contribution in [-0.4, -0.2) is 21.7 Å². The minimum atomic E-state index is -1.03. The van der Waals surface area contributed by atoms with Crippen LogP contribution in [0.4, 0.5) is 0 Å². The molecule has 1 unspecified atom stereocenters. The van der Waals surface area contributed by atoms with Gasteiger partial charge in [0.15, 0.2) is 0 Å². The third-order valence-corrected chi connectivity index (χ3v) is 3.31. The first kappa shape index (κ1) is 10.4. The van der Waals surface area contributed by atoms with Crippen molar-refractivity contribution in [1.82, 2.24) is 0 Å². The minimum absolute atomic E-state index is 0.277. The first-order chi connectivity index (χ1) is 6.13. The molecule has 0 amide bonds. The van der Waals surface area contributed by atoms with Crippen molar-refractivity contribution in [3.8, 4) is 0 Å². The van der Waals surface area contributed by atoms with E-state index in [-0.39, 0.29) is 5.25 Å². The van der Waals surface area contributed by atoms with Gasteiger partial charge >= 0.3 is 0 Å². The Morgan fingerprint density at radius 1 is 1.31 bits per heavy atom. The van der Waals surface area contributed by atoms with Crippen LogP contribution in [0, 0.1) is 0 Å². The summed E-state index contributed by atoms with van der Waals surface area (Å²) in [5.74, 6) is 0. The SMILES string of the molecule is C[C@@H](O)[C@H](c1ccccc1)S(C)=O. The van der Waals surface area contributed by atoms with Crippen LogP contribution in [0.2, 0.25) is 0 Å². The number of hydrogen-bond acceptors (Lipinski definition) is 2. The average Bonchev–Trinajstić information content (AvgIpc) is 2.04. The Labute approximate surface area is 81.1 Å². The molecule has 1 aromatic carbocycles. The molecule has 0 spiro atoms. The third kappa shape index (κ3) is 2.64. The number of aliphatic hydroxyl groups is 1. The topological polar surface area (TPSA) is 37.3 Å². The number of benzene rings is 1. The molecule has 0 aliphatic carbocycles. The maximum absolute atomic E-state index is 11.3. The van der Waals surface area contributed by atoms with Gasteiger partial charge in [-0.3, -0.25) is 4.21 Å². The number of hydrogen-bond donors (Lipinski definition) is 1. The Morgan fingerprint density at radius 3 is 2.23 bits per heavy atom. The van der Waals surface area contributed by atoms with E-state index < -0.39 is 16.9 Å². The standard InChI is InChI=1S/C10H14O2S/c1-8(11)10(13(2)12)9-6-4-3-5-7-9/h3-8,10-11H,1-2H3/t8-,10-,13?/m1/s1. The van der Waals surface area contributed by atoms with Crippen LogP contribution in [-0.2, 0) is 10.8 Å². The second kappa shape index (κ2) is 4.53. The summed E-state index contributed by atoms with van der Waals surface area (Å²) < 4.78 is 11.3. The lowest BCUT2D eigenvalue weighted by Crippen LogP contribution is -2.18. The molecule has 0 radical (unpaired) electrons. The fourth-order valence-corrected chi connectivity index (χ4v) is 2.49. The normalized spacial score (nSPS) is 17.8. The van der Waals surface area contributed by atoms with Gasteiger partial charge in [-0.15, -0.1) is 0 Å². The molecule has 1 N–H and O–H groups in total. The van der Waals surface area contributed by atoms with Crippen molar-refractivity contribution in [1.29, 1.82) is 0 Å². The van der Waals surface area contributed by atoms with Crippen LogP contribution in [0.25, 0.3) is 0 Å². The second-order valence-corrected chi connectivity index (χ2v) is 4.58. The van der Waals surface area contributed by atoms with Crippen molar-refractivity contribution >= 4 is 10.8 Å². The van der Waals surface area contributed by atoms with Crippen LogP contribution < -0.4 is 0 Å². The Kier molecular flexibility index (Phi) is 3.63. The zero-order chi connectivity index (χ0) is 9.84. The van der Waals surface area contributed by atoms with E-state index in [4.69, 9.17) is 0 Å². The average molecular weight is 198 g/mol. The van der Waals surface area contributed by atoms with Crippen LogP contribution in [0.1, 0.15) is 17.7 Å². The van der Waals surface area contributed by atoms with Gasteiger partial charge in [-0.05, 0) is 12.5 Å². The molecule has 72 valence electrons. The molecule has 2 nitrogen and oxygen atoms in total. The van der Waals surface area contributed by atoms with Gasteiger partial charge < -0.3 is 5.11 Å². The zero-order valence-electron chi connectivity index (χ0n) is 7.81. The Bertz CT molecular complexity index is 282. The summed E-state index contributed by atoms with van der Waals surface area (Å²) in [4.78, 5) is 0. The highest BCUT2D eigenvalue weighted by atomic mass is 32.2. The number of aliphatic hydroxyl groups excluding tert-OH is 1. The predicted molar refractivity (Wildman–Crippen MR) is 54.9 cm³/mol. The van der Waals surface area contributed by atoms with Crippen LogP contribution in [0.3, 0.4) is 0 Å². The maximum atomic E-state index is 11.3. The predicted octanol–water partition coefficient (Wildman–Crippen LogP) is 1.49. The summed E-state index contributed by atoms with van der Waals surface area (Å²) in [6, 6.07) is 9.45. The molecule has 1 aromatic rings. The molecule has 0 aromatic heterocycles. The number of rotatable bonds is 3. The maximum Gasteiger partial charge on any atom is 0.0850 e. The molecule has 0 saturated heterocycles. The van der Waals surface area contributed by atoms with Crippen LogP contribution >= 0.6 is 0 Å². The molecule has 0 bridgehead atoms. The van der Waals surface area contributed by atoms with Gasteiger partial charge in [0.2, 0.25) is 0 Å². The molecule has 0 saturated carbocycles. The fourth-order valence-electron chi connectivity index (χ4n) is 1.39. The first-order valence-electron chi connectivity index (χ1n) is 4.18. The van der Waals surface area contributed by atoms with E-state index in [2.05, 4.69) is 0 Å². The Morgan fingerprint density at radius 2 is 1.85 bits per heavy atom. The zero-order valence-corrected chi connectivity index (χ0v) is 8.62. The fraction of sp³-hybridized carbons (Fsp3) is 0.400. The molecule has 1 rings (SSSR count). The van der Waals surface area contributed by atoms with E-state index in [1.54, 1.807) is 13.2 Å². The van der Waals surface area contributed by atoms with Crippen molar-refractivity contribution in [3.05, 3.63) is 35.9 Å².